The Hall–Kier alpha value is -1.05. The largest absolute Gasteiger partial charge is 0.461 e. The molecule has 3 N–H and O–H groups in total. The molecule has 0 bridgehead atoms. The molecule has 2 heterocycles. The van der Waals surface area contributed by atoms with Gasteiger partial charge in [0.05, 0.1) is 13.2 Å². The highest BCUT2D eigenvalue weighted by atomic mass is 32.2. The highest BCUT2D eigenvalue weighted by molar-refractivity contribution is 8.00. The number of hydrogen-bond donors (Lipinski definition) is 2. The maximum Gasteiger partial charge on any atom is 0.355 e. The molecule has 0 spiro atoms. The average Bonchev–Trinajstić information content (AvgIpc) is 2.36. The number of aliphatic hydroxyl groups excluding tert-OH is 1. The van der Waals surface area contributed by atoms with Gasteiger partial charge in [-0.2, -0.15) is 0 Å². The van der Waals surface area contributed by atoms with E-state index in [0.29, 0.717) is 11.3 Å². The van der Waals surface area contributed by atoms with Crippen molar-refractivity contribution in [1.82, 2.24) is 4.90 Å². The van der Waals surface area contributed by atoms with Crippen LogP contribution in [0.15, 0.2) is 11.3 Å². The predicted octanol–water partition coefficient (Wildman–Crippen LogP) is -0.962. The number of aliphatic hydroxyl groups is 1. The number of carbonyl (C=O) groups is 2. The summed E-state index contributed by atoms with van der Waals surface area (Å²) in [5.41, 5.74) is 6.34. The number of hydrogen-bond acceptors (Lipinski definition) is 6. The van der Waals surface area contributed by atoms with E-state index in [1.165, 1.54) is 16.7 Å². The minimum Gasteiger partial charge on any atom is -0.461 e. The van der Waals surface area contributed by atoms with Gasteiger partial charge < -0.3 is 15.6 Å². The lowest BCUT2D eigenvalue weighted by Gasteiger charge is -2.48. The summed E-state index contributed by atoms with van der Waals surface area (Å²) < 4.78 is 4.90. The van der Waals surface area contributed by atoms with Crippen LogP contribution in [0.25, 0.3) is 0 Å². The summed E-state index contributed by atoms with van der Waals surface area (Å²) >= 11 is 1.45. The molecule has 0 aromatic carbocycles. The number of nitrogens with zero attached hydrogens (tertiary/aromatic N) is 1. The normalized spacial score (nSPS) is 27.7. The molecular weight excluding hydrogens is 244 g/mol. The summed E-state index contributed by atoms with van der Waals surface area (Å²) in [7, 11) is 0. The van der Waals surface area contributed by atoms with Crippen LogP contribution in [0.2, 0.25) is 0 Å². The van der Waals surface area contributed by atoms with Gasteiger partial charge in [-0.25, -0.2) is 4.79 Å². The van der Waals surface area contributed by atoms with Gasteiger partial charge in [0.1, 0.15) is 17.1 Å². The first-order valence-electron chi connectivity index (χ1n) is 5.32. The monoisotopic (exact) mass is 258 g/mol. The van der Waals surface area contributed by atoms with E-state index in [1.807, 2.05) is 0 Å². The number of thioether (sulfide) groups is 1. The van der Waals surface area contributed by atoms with Gasteiger partial charge in [0.15, 0.2) is 0 Å². The van der Waals surface area contributed by atoms with Crippen molar-refractivity contribution in [3.05, 3.63) is 11.3 Å². The highest BCUT2D eigenvalue weighted by Gasteiger charge is 2.51. The maximum atomic E-state index is 11.8. The third-order valence-electron chi connectivity index (χ3n) is 2.75. The van der Waals surface area contributed by atoms with E-state index in [-0.39, 0.29) is 30.2 Å². The van der Waals surface area contributed by atoms with Gasteiger partial charge in [-0.1, -0.05) is 0 Å². The number of rotatable bonds is 3. The van der Waals surface area contributed by atoms with Crippen LogP contribution in [0.5, 0.6) is 0 Å². The number of ether oxygens (including phenoxy) is 1. The number of amides is 1. The van der Waals surface area contributed by atoms with Gasteiger partial charge in [-0.15, -0.1) is 11.8 Å². The SMILES string of the molecule is CCOC(=O)C1=C(CO)CS[C@@H]2[C@H](N)C(=O)N12. The van der Waals surface area contributed by atoms with Crippen LogP contribution in [0.3, 0.4) is 0 Å². The van der Waals surface area contributed by atoms with Gasteiger partial charge in [-0.05, 0) is 12.5 Å². The molecule has 0 radical (unpaired) electrons. The van der Waals surface area contributed by atoms with Crippen LogP contribution >= 0.6 is 11.8 Å². The Labute approximate surface area is 103 Å². The van der Waals surface area contributed by atoms with E-state index in [4.69, 9.17) is 10.5 Å². The molecule has 2 atom stereocenters. The summed E-state index contributed by atoms with van der Waals surface area (Å²) in [6, 6.07) is -0.565. The molecule has 1 fully saturated rings. The molecule has 0 aliphatic carbocycles. The van der Waals surface area contributed by atoms with Crippen LogP contribution in [0.1, 0.15) is 6.92 Å². The fourth-order valence-corrected chi connectivity index (χ4v) is 3.17. The van der Waals surface area contributed by atoms with E-state index in [0.717, 1.165) is 0 Å². The van der Waals surface area contributed by atoms with Crippen LogP contribution < -0.4 is 5.73 Å². The number of nitrogens with two attached hydrogens (primary N) is 1. The highest BCUT2D eigenvalue weighted by Crippen LogP contribution is 2.39. The minimum atomic E-state index is -0.567. The van der Waals surface area contributed by atoms with Crippen molar-refractivity contribution in [1.29, 1.82) is 0 Å². The molecule has 7 heteroatoms. The molecule has 17 heavy (non-hydrogen) atoms. The Balaban J connectivity index is 2.31. The predicted molar refractivity (Wildman–Crippen MR) is 61.8 cm³/mol. The third-order valence-corrected chi connectivity index (χ3v) is 4.11. The molecule has 0 unspecified atom stereocenters. The molecule has 2 aliphatic heterocycles. The van der Waals surface area contributed by atoms with E-state index in [1.54, 1.807) is 6.92 Å². The van der Waals surface area contributed by atoms with Crippen molar-refractivity contribution < 1.29 is 19.4 Å². The van der Waals surface area contributed by atoms with Gasteiger partial charge in [0.2, 0.25) is 5.91 Å². The molecular formula is C10H14N2O4S. The van der Waals surface area contributed by atoms with Crippen molar-refractivity contribution in [2.24, 2.45) is 5.73 Å². The first-order valence-corrected chi connectivity index (χ1v) is 6.37. The number of carbonyl (C=O) groups excluding carboxylic acids is 2. The zero-order chi connectivity index (χ0) is 12.6. The lowest BCUT2D eigenvalue weighted by Crippen LogP contribution is -2.68. The maximum absolute atomic E-state index is 11.8. The molecule has 0 aromatic rings. The summed E-state index contributed by atoms with van der Waals surface area (Å²) in [5.74, 6) is -0.370. The molecule has 1 amide bonds. The Bertz CT molecular complexity index is 396. The molecule has 6 nitrogen and oxygen atoms in total. The van der Waals surface area contributed by atoms with Gasteiger partial charge in [-0.3, -0.25) is 9.69 Å². The van der Waals surface area contributed by atoms with Crippen molar-refractivity contribution in [2.45, 2.75) is 18.3 Å². The first-order chi connectivity index (χ1) is 8.11. The van der Waals surface area contributed by atoms with E-state index in [9.17, 15) is 14.7 Å². The fraction of sp³-hybridized carbons (Fsp3) is 0.600. The Kier molecular flexibility index (Phi) is 3.41. The molecule has 1 saturated heterocycles. The van der Waals surface area contributed by atoms with Crippen molar-refractivity contribution in [3.63, 3.8) is 0 Å². The average molecular weight is 258 g/mol. The second kappa shape index (κ2) is 4.67. The Morgan fingerprint density at radius 1 is 1.71 bits per heavy atom. The molecule has 94 valence electrons. The van der Waals surface area contributed by atoms with Crippen LogP contribution in [-0.2, 0) is 14.3 Å². The third kappa shape index (κ3) is 1.84. The summed E-state index contributed by atoms with van der Waals surface area (Å²) in [6.07, 6.45) is 0. The Morgan fingerprint density at radius 3 is 3.00 bits per heavy atom. The molecule has 2 rings (SSSR count). The topological polar surface area (TPSA) is 92.9 Å². The van der Waals surface area contributed by atoms with Crippen LogP contribution in [0, 0.1) is 0 Å². The smallest absolute Gasteiger partial charge is 0.355 e. The summed E-state index contributed by atoms with van der Waals surface area (Å²) in [6.45, 7) is 1.66. The molecule has 2 aliphatic rings. The fourth-order valence-electron chi connectivity index (χ4n) is 1.89. The van der Waals surface area contributed by atoms with Crippen molar-refractivity contribution in [3.8, 4) is 0 Å². The summed E-state index contributed by atoms with van der Waals surface area (Å²) in [5, 5.41) is 9.00. The standard InChI is InChI=1S/C10H14N2O4S/c1-2-16-10(15)7-5(3-13)4-17-9-6(11)8(14)12(7)9/h6,9,13H,2-4,11H2,1H3/t6-,9-/m1/s1. The first kappa shape index (κ1) is 12.4. The lowest BCUT2D eigenvalue weighted by molar-refractivity contribution is -0.150. The second-order valence-corrected chi connectivity index (χ2v) is 4.87. The Morgan fingerprint density at radius 2 is 2.41 bits per heavy atom. The lowest BCUT2D eigenvalue weighted by atomic mass is 10.0. The second-order valence-electron chi connectivity index (χ2n) is 3.77. The van der Waals surface area contributed by atoms with Gasteiger partial charge in [0, 0.05) is 5.75 Å². The van der Waals surface area contributed by atoms with E-state index < -0.39 is 12.0 Å². The van der Waals surface area contributed by atoms with Crippen LogP contribution in [0.4, 0.5) is 0 Å². The van der Waals surface area contributed by atoms with Crippen molar-refractivity contribution in [2.75, 3.05) is 19.0 Å². The number of esters is 1. The van der Waals surface area contributed by atoms with Gasteiger partial charge >= 0.3 is 5.97 Å². The van der Waals surface area contributed by atoms with E-state index in [2.05, 4.69) is 0 Å². The van der Waals surface area contributed by atoms with Gasteiger partial charge in [0.25, 0.3) is 0 Å². The summed E-state index contributed by atoms with van der Waals surface area (Å²) in [4.78, 5) is 24.8. The zero-order valence-electron chi connectivity index (χ0n) is 9.38. The molecule has 0 aromatic heterocycles. The van der Waals surface area contributed by atoms with E-state index >= 15 is 0 Å². The van der Waals surface area contributed by atoms with Crippen molar-refractivity contribution >= 4 is 23.6 Å². The molecule has 0 saturated carbocycles. The quantitative estimate of drug-likeness (QED) is 0.500. The number of β-lactam (4-membered cyclic amide) rings is 1. The van der Waals surface area contributed by atoms with Crippen LogP contribution in [-0.4, -0.2) is 52.3 Å². The minimum absolute atomic E-state index is 0.171. The number of fused-ring (bicyclic) bond motifs is 1. The zero-order valence-corrected chi connectivity index (χ0v) is 10.2.